The summed E-state index contributed by atoms with van der Waals surface area (Å²) in [6, 6.07) is 0. The van der Waals surface area contributed by atoms with Crippen molar-refractivity contribution in [3.05, 3.63) is 10.1 Å². The van der Waals surface area contributed by atoms with Gasteiger partial charge in [-0.25, -0.2) is 10.1 Å². The predicted molar refractivity (Wildman–Crippen MR) is 140 cm³/mol. The van der Waals surface area contributed by atoms with Gasteiger partial charge in [-0.15, -0.1) is 0 Å². The van der Waals surface area contributed by atoms with Crippen molar-refractivity contribution in [2.75, 3.05) is 0 Å². The van der Waals surface area contributed by atoms with Gasteiger partial charge in [0.1, 0.15) is 11.8 Å². The van der Waals surface area contributed by atoms with Crippen LogP contribution < -0.4 is 0 Å². The highest BCUT2D eigenvalue weighted by atomic mass is 16.7. The van der Waals surface area contributed by atoms with Crippen LogP contribution in [0, 0.1) is 56.5 Å². The fourth-order valence-electron chi connectivity index (χ4n) is 9.77. The molecule has 4 rings (SSSR count). The highest BCUT2D eigenvalue weighted by Gasteiger charge is 2.69. The molecule has 0 heterocycles. The van der Waals surface area contributed by atoms with Crippen molar-refractivity contribution in [2.45, 2.75) is 117 Å². The van der Waals surface area contributed by atoms with Gasteiger partial charge in [0.25, 0.3) is 12.9 Å². The number of nitro groups is 1. The molecule has 9 atom stereocenters. The highest BCUT2D eigenvalue weighted by Crippen LogP contribution is 2.69. The zero-order valence-electron chi connectivity index (χ0n) is 23.3. The Kier molecular flexibility index (Phi) is 8.06. The Hall–Kier alpha value is -1.99. The lowest BCUT2D eigenvalue weighted by Gasteiger charge is -2.64. The smallest absolute Gasteiger partial charge is 0.294 e. The van der Waals surface area contributed by atoms with Crippen molar-refractivity contribution in [1.82, 2.24) is 0 Å². The normalized spacial score (nSPS) is 42.9. The Morgan fingerprint density at radius 1 is 1.05 bits per heavy atom. The monoisotopic (exact) mass is 518 g/mol. The summed E-state index contributed by atoms with van der Waals surface area (Å²) in [6.07, 6.45) is 9.93. The first-order valence-corrected chi connectivity index (χ1v) is 14.4. The third-order valence-corrected chi connectivity index (χ3v) is 11.5. The van der Waals surface area contributed by atoms with E-state index in [2.05, 4.69) is 39.7 Å². The Bertz CT molecular complexity index is 907. The van der Waals surface area contributed by atoms with Gasteiger partial charge in [0.15, 0.2) is 10.6 Å². The largest absolute Gasteiger partial charge is 0.464 e. The zero-order valence-corrected chi connectivity index (χ0v) is 23.3. The van der Waals surface area contributed by atoms with Crippen molar-refractivity contribution >= 4 is 18.7 Å². The lowest BCUT2D eigenvalue weighted by molar-refractivity contribution is -0.486. The fourth-order valence-corrected chi connectivity index (χ4v) is 9.77. The van der Waals surface area contributed by atoms with E-state index in [1.807, 2.05) is 0 Å². The molecule has 4 aliphatic carbocycles. The quantitative estimate of drug-likeness (QED) is 0.194. The van der Waals surface area contributed by atoms with Crippen LogP contribution in [0.1, 0.15) is 105 Å². The zero-order chi connectivity index (χ0) is 27.0. The summed E-state index contributed by atoms with van der Waals surface area (Å²) >= 11 is 0. The molecule has 0 aliphatic heterocycles. The van der Waals surface area contributed by atoms with Crippen molar-refractivity contribution in [1.29, 1.82) is 0 Å². The Balaban J connectivity index is 1.67. The first-order valence-electron chi connectivity index (χ1n) is 14.4. The molecule has 0 spiro atoms. The Labute approximate surface area is 221 Å². The number of hydrazone groups is 1. The fraction of sp³-hybridized carbons (Fsp3) is 0.897. The minimum absolute atomic E-state index is 0.220. The lowest BCUT2D eigenvalue weighted by Crippen LogP contribution is -2.68. The molecular weight excluding hydrogens is 472 g/mol. The van der Waals surface area contributed by atoms with Gasteiger partial charge < -0.3 is 9.47 Å². The van der Waals surface area contributed by atoms with E-state index in [1.54, 1.807) is 0 Å². The third-order valence-electron chi connectivity index (χ3n) is 11.5. The molecule has 0 saturated heterocycles. The number of rotatable bonds is 10. The van der Waals surface area contributed by atoms with Gasteiger partial charge in [-0.05, 0) is 85.9 Å². The molecule has 0 N–H and O–H groups in total. The van der Waals surface area contributed by atoms with Crippen LogP contribution in [-0.2, 0) is 19.1 Å². The molecule has 0 aromatic rings. The summed E-state index contributed by atoms with van der Waals surface area (Å²) < 4.78 is 11.2. The van der Waals surface area contributed by atoms with Gasteiger partial charge in [0.05, 0.1) is 5.10 Å². The van der Waals surface area contributed by atoms with E-state index in [0.29, 0.717) is 55.7 Å². The first kappa shape index (κ1) is 28.0. The topological polar surface area (TPSA) is 108 Å². The molecule has 37 heavy (non-hydrogen) atoms. The van der Waals surface area contributed by atoms with Crippen molar-refractivity contribution < 1.29 is 24.1 Å². The third kappa shape index (κ3) is 4.71. The van der Waals surface area contributed by atoms with E-state index < -0.39 is 22.2 Å². The van der Waals surface area contributed by atoms with E-state index in [4.69, 9.17) is 9.47 Å². The predicted octanol–water partition coefficient (Wildman–Crippen LogP) is 6.19. The van der Waals surface area contributed by atoms with Gasteiger partial charge in [0.2, 0.25) is 0 Å². The van der Waals surface area contributed by atoms with Gasteiger partial charge in [0, 0.05) is 11.8 Å². The number of ether oxygens (including phenoxy) is 2. The number of hydrogen-bond donors (Lipinski definition) is 0. The van der Waals surface area contributed by atoms with Gasteiger partial charge in [-0.3, -0.25) is 9.59 Å². The molecule has 4 aliphatic rings. The first-order chi connectivity index (χ1) is 17.5. The average molecular weight is 519 g/mol. The van der Waals surface area contributed by atoms with Crippen LogP contribution in [0.15, 0.2) is 5.10 Å². The second-order valence-corrected chi connectivity index (χ2v) is 13.5. The molecule has 1 unspecified atom stereocenters. The van der Waals surface area contributed by atoms with E-state index >= 15 is 0 Å². The molecule has 0 amide bonds. The van der Waals surface area contributed by atoms with E-state index in [9.17, 15) is 19.7 Å². The molecule has 4 saturated carbocycles. The molecular formula is C29H46N2O6. The standard InChI is InChI=1S/C29H46N2O6/c1-19(2)7-6-8-20(3)23-9-10-24-22-15-26(30-31(34)35)29(37-18-33)16-21(36-17-32)11-14-28(29,5)25(22)12-13-27(23,24)4/h17-25H,6-16H2,1-5H3/b30-26+/t20?,21-,22-,23+,24-,25-,27+,28+,29-/m0/s1. The van der Waals surface area contributed by atoms with Crippen molar-refractivity contribution in [2.24, 2.45) is 51.4 Å². The maximum atomic E-state index is 11.8. The molecule has 8 nitrogen and oxygen atoms in total. The van der Waals surface area contributed by atoms with Crippen LogP contribution >= 0.6 is 0 Å². The molecule has 0 radical (unpaired) electrons. The van der Waals surface area contributed by atoms with Gasteiger partial charge in [-0.2, -0.15) is 0 Å². The number of carbonyl (C=O) groups is 2. The molecule has 4 fully saturated rings. The summed E-state index contributed by atoms with van der Waals surface area (Å²) in [5.74, 6) is 3.12. The van der Waals surface area contributed by atoms with E-state index in [-0.39, 0.29) is 23.7 Å². The number of carbonyl (C=O) groups excluding carboxylic acids is 2. The molecule has 8 heteroatoms. The van der Waals surface area contributed by atoms with Crippen molar-refractivity contribution in [3.63, 3.8) is 0 Å². The van der Waals surface area contributed by atoms with Crippen LogP contribution in [0.3, 0.4) is 0 Å². The number of nitrogens with zero attached hydrogens (tertiary/aromatic N) is 2. The van der Waals surface area contributed by atoms with Gasteiger partial charge >= 0.3 is 0 Å². The maximum absolute atomic E-state index is 11.8. The Morgan fingerprint density at radius 2 is 1.81 bits per heavy atom. The van der Waals surface area contributed by atoms with E-state index in [1.165, 1.54) is 25.7 Å². The van der Waals surface area contributed by atoms with Crippen molar-refractivity contribution in [3.8, 4) is 0 Å². The van der Waals surface area contributed by atoms with Crippen LogP contribution in [0.2, 0.25) is 0 Å². The van der Waals surface area contributed by atoms with Crippen LogP contribution in [-0.4, -0.2) is 35.4 Å². The lowest BCUT2D eigenvalue weighted by atomic mass is 9.42. The van der Waals surface area contributed by atoms with E-state index in [0.717, 1.165) is 25.2 Å². The second-order valence-electron chi connectivity index (χ2n) is 13.5. The number of hydrogen-bond acceptors (Lipinski definition) is 6. The molecule has 208 valence electrons. The number of fused-ring (bicyclic) bond motifs is 5. The summed E-state index contributed by atoms with van der Waals surface area (Å²) in [6.45, 7) is 12.5. The van der Waals surface area contributed by atoms with Crippen LogP contribution in [0.25, 0.3) is 0 Å². The van der Waals surface area contributed by atoms with Crippen LogP contribution in [0.4, 0.5) is 0 Å². The highest BCUT2D eigenvalue weighted by molar-refractivity contribution is 5.95. The summed E-state index contributed by atoms with van der Waals surface area (Å²) in [5.41, 5.74) is -1.13. The molecule has 0 aromatic heterocycles. The SMILES string of the molecule is CC(C)CCCC(C)[C@H]1CC[C@H]2[C@@H]3C/C(=N\[N+](=O)[O-])[C@@]4(OC=O)C[C@@H](OC=O)CC[C@]4(C)[C@H]3CC[C@]12C. The Morgan fingerprint density at radius 3 is 2.46 bits per heavy atom. The second kappa shape index (κ2) is 10.6. The summed E-state index contributed by atoms with van der Waals surface area (Å²) in [4.78, 5) is 34.7. The minimum Gasteiger partial charge on any atom is -0.464 e. The van der Waals surface area contributed by atoms with Crippen LogP contribution in [0.5, 0.6) is 0 Å². The summed E-state index contributed by atoms with van der Waals surface area (Å²) in [5, 5.41) is 15.0. The van der Waals surface area contributed by atoms with Gasteiger partial charge in [-0.1, -0.05) is 53.9 Å². The minimum atomic E-state index is -1.22. The molecule has 0 aromatic carbocycles. The summed E-state index contributed by atoms with van der Waals surface area (Å²) in [7, 11) is 0. The molecule has 0 bridgehead atoms. The average Bonchev–Trinajstić information content (AvgIpc) is 3.18. The maximum Gasteiger partial charge on any atom is 0.294 e.